The molecule has 1 rings (SSSR count). The summed E-state index contributed by atoms with van der Waals surface area (Å²) in [6.45, 7) is 6.02. The molecule has 2 N–H and O–H groups in total. The average Bonchev–Trinajstić information content (AvgIpc) is 2.31. The zero-order valence-electron chi connectivity index (χ0n) is 10.7. The quantitative estimate of drug-likeness (QED) is 0.820. The van der Waals surface area contributed by atoms with E-state index < -0.39 is 0 Å². The zero-order chi connectivity index (χ0) is 12.8. The normalized spacial score (nSPS) is 12.5. The van der Waals surface area contributed by atoms with Gasteiger partial charge >= 0.3 is 0 Å². The summed E-state index contributed by atoms with van der Waals surface area (Å²) in [6, 6.07) is 6.41. The molecular weight excluding hydrogens is 280 g/mol. The Morgan fingerprint density at radius 1 is 1.47 bits per heavy atom. The fourth-order valence-electron chi connectivity index (χ4n) is 1.74. The van der Waals surface area contributed by atoms with E-state index in [-0.39, 0.29) is 0 Å². The second-order valence-corrected chi connectivity index (χ2v) is 5.01. The number of nitrogen functional groups attached to an aromatic ring is 1. The largest absolute Gasteiger partial charge is 0.399 e. The molecule has 17 heavy (non-hydrogen) atoms. The summed E-state index contributed by atoms with van der Waals surface area (Å²) >= 11 is 3.57. The second kappa shape index (κ2) is 6.87. The SMILES string of the molecule is CCC(C)N(CCOC)c1ccc(N)cc1Br. The van der Waals surface area contributed by atoms with E-state index in [0.717, 1.165) is 29.7 Å². The van der Waals surface area contributed by atoms with Crippen molar-refractivity contribution in [2.24, 2.45) is 0 Å². The molecule has 0 spiro atoms. The number of hydrogen-bond donors (Lipinski definition) is 1. The molecule has 0 bridgehead atoms. The number of rotatable bonds is 6. The van der Waals surface area contributed by atoms with Crippen LogP contribution < -0.4 is 10.6 Å². The van der Waals surface area contributed by atoms with Crippen molar-refractivity contribution in [1.29, 1.82) is 0 Å². The number of benzene rings is 1. The van der Waals surface area contributed by atoms with Crippen molar-refractivity contribution in [2.45, 2.75) is 26.3 Å². The van der Waals surface area contributed by atoms with Crippen LogP contribution >= 0.6 is 15.9 Å². The molecule has 1 aromatic carbocycles. The van der Waals surface area contributed by atoms with E-state index in [1.54, 1.807) is 7.11 Å². The third kappa shape index (κ3) is 3.89. The summed E-state index contributed by atoms with van der Waals surface area (Å²) in [6.07, 6.45) is 1.10. The number of ether oxygens (including phenoxy) is 1. The number of nitrogens with zero attached hydrogens (tertiary/aromatic N) is 1. The summed E-state index contributed by atoms with van der Waals surface area (Å²) in [5, 5.41) is 0. The van der Waals surface area contributed by atoms with Crippen LogP contribution in [-0.2, 0) is 4.74 Å². The standard InChI is InChI=1S/C13H21BrN2O/c1-4-10(2)16(7-8-17-3)13-6-5-11(15)9-12(13)14/h5-6,9-10H,4,7-8,15H2,1-3H3. The van der Waals surface area contributed by atoms with Gasteiger partial charge in [-0.25, -0.2) is 0 Å². The highest BCUT2D eigenvalue weighted by Crippen LogP contribution is 2.30. The van der Waals surface area contributed by atoms with Crippen LogP contribution in [0.25, 0.3) is 0 Å². The Bertz CT molecular complexity index is 357. The minimum atomic E-state index is 0.477. The highest BCUT2D eigenvalue weighted by Gasteiger charge is 2.15. The van der Waals surface area contributed by atoms with E-state index in [0.29, 0.717) is 6.04 Å². The fourth-order valence-corrected chi connectivity index (χ4v) is 2.37. The molecule has 1 aromatic rings. The summed E-state index contributed by atoms with van der Waals surface area (Å²) in [5.74, 6) is 0. The lowest BCUT2D eigenvalue weighted by molar-refractivity contribution is 0.203. The van der Waals surface area contributed by atoms with Gasteiger partial charge in [0.2, 0.25) is 0 Å². The Balaban J connectivity index is 2.95. The number of anilines is 2. The molecule has 0 radical (unpaired) electrons. The van der Waals surface area contributed by atoms with Gasteiger partial charge in [-0.15, -0.1) is 0 Å². The van der Waals surface area contributed by atoms with Gasteiger partial charge in [-0.05, 0) is 47.5 Å². The summed E-state index contributed by atoms with van der Waals surface area (Å²) in [5.41, 5.74) is 7.71. The second-order valence-electron chi connectivity index (χ2n) is 4.15. The number of halogens is 1. The molecule has 0 aliphatic heterocycles. The van der Waals surface area contributed by atoms with Gasteiger partial charge in [0.15, 0.2) is 0 Å². The summed E-state index contributed by atoms with van der Waals surface area (Å²) in [7, 11) is 1.73. The lowest BCUT2D eigenvalue weighted by atomic mass is 10.1. The first-order chi connectivity index (χ1) is 8.10. The van der Waals surface area contributed by atoms with Crippen molar-refractivity contribution in [2.75, 3.05) is 30.9 Å². The average molecular weight is 301 g/mol. The van der Waals surface area contributed by atoms with Crippen molar-refractivity contribution in [1.82, 2.24) is 0 Å². The highest BCUT2D eigenvalue weighted by molar-refractivity contribution is 9.10. The summed E-state index contributed by atoms with van der Waals surface area (Å²) < 4.78 is 6.21. The number of nitrogens with two attached hydrogens (primary N) is 1. The van der Waals surface area contributed by atoms with Crippen molar-refractivity contribution in [3.05, 3.63) is 22.7 Å². The van der Waals surface area contributed by atoms with Crippen molar-refractivity contribution >= 4 is 27.3 Å². The maximum atomic E-state index is 5.76. The lowest BCUT2D eigenvalue weighted by Gasteiger charge is -2.31. The molecule has 0 saturated heterocycles. The van der Waals surface area contributed by atoms with Gasteiger partial charge < -0.3 is 15.4 Å². The van der Waals surface area contributed by atoms with Gasteiger partial charge in [0.25, 0.3) is 0 Å². The van der Waals surface area contributed by atoms with Crippen LogP contribution in [0.1, 0.15) is 20.3 Å². The smallest absolute Gasteiger partial charge is 0.0637 e. The Morgan fingerprint density at radius 2 is 2.18 bits per heavy atom. The van der Waals surface area contributed by atoms with Gasteiger partial charge in [-0.3, -0.25) is 0 Å². The summed E-state index contributed by atoms with van der Waals surface area (Å²) in [4.78, 5) is 2.34. The van der Waals surface area contributed by atoms with Gasteiger partial charge in [0, 0.05) is 29.9 Å². The maximum Gasteiger partial charge on any atom is 0.0637 e. The third-order valence-corrected chi connectivity index (χ3v) is 3.58. The Hall–Kier alpha value is -0.740. The van der Waals surface area contributed by atoms with E-state index in [4.69, 9.17) is 10.5 Å². The maximum absolute atomic E-state index is 5.76. The molecule has 96 valence electrons. The molecular formula is C13H21BrN2O. The van der Waals surface area contributed by atoms with Crippen molar-refractivity contribution < 1.29 is 4.74 Å². The van der Waals surface area contributed by atoms with Crippen LogP contribution in [-0.4, -0.2) is 26.3 Å². The first kappa shape index (κ1) is 14.3. The minimum Gasteiger partial charge on any atom is -0.399 e. The predicted molar refractivity (Wildman–Crippen MR) is 77.5 cm³/mol. The molecule has 0 amide bonds. The number of methoxy groups -OCH3 is 1. The zero-order valence-corrected chi connectivity index (χ0v) is 12.3. The van der Waals surface area contributed by atoms with Crippen LogP contribution in [0.3, 0.4) is 0 Å². The molecule has 0 aromatic heterocycles. The van der Waals surface area contributed by atoms with E-state index >= 15 is 0 Å². The molecule has 4 heteroatoms. The molecule has 0 fully saturated rings. The monoisotopic (exact) mass is 300 g/mol. The van der Waals surface area contributed by atoms with Crippen molar-refractivity contribution in [3.63, 3.8) is 0 Å². The minimum absolute atomic E-state index is 0.477. The number of hydrogen-bond acceptors (Lipinski definition) is 3. The molecule has 0 saturated carbocycles. The van der Waals surface area contributed by atoms with Crippen LogP contribution in [0.2, 0.25) is 0 Å². The molecule has 0 heterocycles. The Kier molecular flexibility index (Phi) is 5.78. The van der Waals surface area contributed by atoms with E-state index in [9.17, 15) is 0 Å². The molecule has 1 atom stereocenters. The Morgan fingerprint density at radius 3 is 2.71 bits per heavy atom. The third-order valence-electron chi connectivity index (χ3n) is 2.94. The molecule has 0 aliphatic carbocycles. The van der Waals surface area contributed by atoms with E-state index in [1.807, 2.05) is 12.1 Å². The lowest BCUT2D eigenvalue weighted by Crippen LogP contribution is -2.35. The van der Waals surface area contributed by atoms with Crippen LogP contribution in [0, 0.1) is 0 Å². The Labute approximate surface area is 112 Å². The van der Waals surface area contributed by atoms with Gasteiger partial charge in [0.05, 0.1) is 12.3 Å². The highest BCUT2D eigenvalue weighted by atomic mass is 79.9. The topological polar surface area (TPSA) is 38.5 Å². The van der Waals surface area contributed by atoms with Gasteiger partial charge in [-0.1, -0.05) is 6.92 Å². The van der Waals surface area contributed by atoms with Gasteiger partial charge in [-0.2, -0.15) is 0 Å². The van der Waals surface area contributed by atoms with Gasteiger partial charge in [0.1, 0.15) is 0 Å². The molecule has 0 aliphatic rings. The molecule has 1 unspecified atom stereocenters. The van der Waals surface area contributed by atoms with Crippen LogP contribution in [0.5, 0.6) is 0 Å². The fraction of sp³-hybridized carbons (Fsp3) is 0.538. The van der Waals surface area contributed by atoms with Crippen LogP contribution in [0.15, 0.2) is 22.7 Å². The van der Waals surface area contributed by atoms with E-state index in [2.05, 4.69) is 40.7 Å². The molecule has 3 nitrogen and oxygen atoms in total. The van der Waals surface area contributed by atoms with E-state index in [1.165, 1.54) is 5.69 Å². The first-order valence-electron chi connectivity index (χ1n) is 5.90. The first-order valence-corrected chi connectivity index (χ1v) is 6.70. The van der Waals surface area contributed by atoms with Crippen molar-refractivity contribution in [3.8, 4) is 0 Å². The predicted octanol–water partition coefficient (Wildman–Crippen LogP) is 3.28. The van der Waals surface area contributed by atoms with Crippen LogP contribution in [0.4, 0.5) is 11.4 Å².